The summed E-state index contributed by atoms with van der Waals surface area (Å²) in [4.78, 5) is 59.0. The fraction of sp³-hybridized carbons (Fsp3) is 0.150. The maximum absolute atomic E-state index is 12.4. The lowest BCUT2D eigenvalue weighted by atomic mass is 10.1. The maximum atomic E-state index is 12.4. The number of hydrogen-bond acceptors (Lipinski definition) is 9. The highest BCUT2D eigenvalue weighted by atomic mass is 16.6. The van der Waals surface area contributed by atoms with Gasteiger partial charge in [0.1, 0.15) is 5.57 Å². The van der Waals surface area contributed by atoms with Crippen LogP contribution >= 0.6 is 0 Å². The molecule has 0 spiro atoms. The number of nitrogens with zero attached hydrogens (tertiary/aromatic N) is 4. The number of nitro groups is 2. The van der Waals surface area contributed by atoms with Crippen LogP contribution in [0.3, 0.4) is 0 Å². The fourth-order valence-corrected chi connectivity index (χ4v) is 2.97. The number of carbonyl (C=O) groups excluding carboxylic acids is 3. The highest BCUT2D eigenvalue weighted by molar-refractivity contribution is 6.30. The van der Waals surface area contributed by atoms with Gasteiger partial charge in [-0.25, -0.2) is 4.79 Å². The number of ether oxygens (including phenoxy) is 2. The lowest BCUT2D eigenvalue weighted by Gasteiger charge is -2.28. The zero-order chi connectivity index (χ0) is 24.4. The first-order chi connectivity index (χ1) is 15.5. The molecule has 1 aliphatic heterocycles. The van der Waals surface area contributed by atoms with Gasteiger partial charge in [-0.1, -0.05) is 6.07 Å². The molecule has 0 aromatic heterocycles. The number of carbonyl (C=O) groups is 3. The summed E-state index contributed by atoms with van der Waals surface area (Å²) in [7, 11) is 3.80. The van der Waals surface area contributed by atoms with Gasteiger partial charge in [-0.05, 0) is 29.8 Å². The number of benzene rings is 2. The van der Waals surface area contributed by atoms with Gasteiger partial charge in [-0.15, -0.1) is 0 Å². The highest BCUT2D eigenvalue weighted by Gasteiger charge is 2.37. The van der Waals surface area contributed by atoms with Gasteiger partial charge in [0, 0.05) is 20.2 Å². The van der Waals surface area contributed by atoms with Crippen molar-refractivity contribution in [3.05, 3.63) is 67.8 Å². The molecule has 0 atom stereocenters. The number of methoxy groups -OCH3 is 1. The lowest BCUT2D eigenvalue weighted by Crippen LogP contribution is -2.52. The van der Waals surface area contributed by atoms with Crippen molar-refractivity contribution < 1.29 is 33.7 Å². The second-order valence-corrected chi connectivity index (χ2v) is 6.75. The topological polar surface area (TPSA) is 162 Å². The minimum Gasteiger partial charge on any atom is -0.493 e. The van der Waals surface area contributed by atoms with E-state index in [4.69, 9.17) is 9.47 Å². The largest absolute Gasteiger partial charge is 0.493 e. The van der Waals surface area contributed by atoms with Gasteiger partial charge in [0.05, 0.1) is 23.0 Å². The number of likely N-dealkylation sites (N-methyl/N-ethyl adjacent to an activating group) is 2. The molecule has 2 aromatic carbocycles. The zero-order valence-corrected chi connectivity index (χ0v) is 17.5. The van der Waals surface area contributed by atoms with Crippen molar-refractivity contribution in [2.75, 3.05) is 21.2 Å². The molecule has 3 rings (SSSR count). The van der Waals surface area contributed by atoms with E-state index in [1.807, 2.05) is 0 Å². The Balaban J connectivity index is 2.04. The van der Waals surface area contributed by atoms with Crippen LogP contribution in [0.4, 0.5) is 16.2 Å². The molecule has 1 fully saturated rings. The van der Waals surface area contributed by atoms with Crippen molar-refractivity contribution in [2.24, 2.45) is 0 Å². The van der Waals surface area contributed by atoms with Crippen LogP contribution in [0.1, 0.15) is 5.56 Å². The molecule has 2 aromatic rings. The Bertz CT molecular complexity index is 1210. The third-order valence-corrected chi connectivity index (χ3v) is 4.71. The summed E-state index contributed by atoms with van der Waals surface area (Å²) in [6.07, 6.45) is 1.24. The van der Waals surface area contributed by atoms with E-state index in [0.29, 0.717) is 5.56 Å². The molecule has 0 N–H and O–H groups in total. The van der Waals surface area contributed by atoms with Crippen molar-refractivity contribution in [3.8, 4) is 17.2 Å². The fourth-order valence-electron chi connectivity index (χ4n) is 2.97. The molecule has 0 bridgehead atoms. The van der Waals surface area contributed by atoms with Gasteiger partial charge < -0.3 is 9.47 Å². The average molecular weight is 456 g/mol. The minimum absolute atomic E-state index is 0.0164. The molecule has 13 nitrogen and oxygen atoms in total. The predicted molar refractivity (Wildman–Crippen MR) is 112 cm³/mol. The minimum atomic E-state index is -0.831. The molecule has 33 heavy (non-hydrogen) atoms. The molecule has 0 aliphatic carbocycles. The summed E-state index contributed by atoms with van der Waals surface area (Å²) in [5.74, 6) is -1.74. The van der Waals surface area contributed by atoms with Crippen LogP contribution in [0.2, 0.25) is 0 Å². The quantitative estimate of drug-likeness (QED) is 0.275. The van der Waals surface area contributed by atoms with Crippen molar-refractivity contribution in [1.29, 1.82) is 0 Å². The smallest absolute Gasteiger partial charge is 0.333 e. The Labute approximate surface area is 185 Å². The standard InChI is InChI=1S/C20H16N4O9/c1-21-18(25)13(19(26)22(2)20(21)27)8-11-4-6-16(32-3)17(9-11)33-15-7-5-12(23(28)29)10-14(15)24(30)31/h4-10H,1-3H3. The SMILES string of the molecule is COc1ccc(C=C2C(=O)N(C)C(=O)N(C)C2=O)cc1Oc1ccc([N+](=O)[O-])cc1[N+](=O)[O-]. The molecule has 1 saturated heterocycles. The molecule has 13 heteroatoms. The van der Waals surface area contributed by atoms with E-state index in [9.17, 15) is 34.6 Å². The van der Waals surface area contributed by atoms with Gasteiger partial charge >= 0.3 is 11.7 Å². The molecule has 1 aliphatic rings. The highest BCUT2D eigenvalue weighted by Crippen LogP contribution is 2.38. The number of rotatable bonds is 6. The van der Waals surface area contributed by atoms with Crippen molar-refractivity contribution in [1.82, 2.24) is 9.80 Å². The van der Waals surface area contributed by atoms with E-state index < -0.39 is 39.1 Å². The summed E-state index contributed by atoms with van der Waals surface area (Å²) in [5.41, 5.74) is -1.12. The molecule has 4 amide bonds. The van der Waals surface area contributed by atoms with E-state index in [1.165, 1.54) is 45.5 Å². The van der Waals surface area contributed by atoms with Crippen molar-refractivity contribution >= 4 is 35.3 Å². The second-order valence-electron chi connectivity index (χ2n) is 6.75. The van der Waals surface area contributed by atoms with E-state index in [1.54, 1.807) is 0 Å². The van der Waals surface area contributed by atoms with Crippen LogP contribution in [0.5, 0.6) is 17.2 Å². The van der Waals surface area contributed by atoms with Crippen LogP contribution in [0.25, 0.3) is 6.08 Å². The number of hydrogen-bond donors (Lipinski definition) is 0. The van der Waals surface area contributed by atoms with E-state index >= 15 is 0 Å². The van der Waals surface area contributed by atoms with Gasteiger partial charge in [0.2, 0.25) is 5.75 Å². The normalized spacial score (nSPS) is 13.8. The molecular weight excluding hydrogens is 440 g/mol. The molecule has 0 radical (unpaired) electrons. The first kappa shape index (κ1) is 22.9. The van der Waals surface area contributed by atoms with Crippen LogP contribution in [0, 0.1) is 20.2 Å². The monoisotopic (exact) mass is 456 g/mol. The molecule has 0 unspecified atom stereocenters. The predicted octanol–water partition coefficient (Wildman–Crippen LogP) is 2.74. The molecule has 170 valence electrons. The van der Waals surface area contributed by atoms with Gasteiger partial charge in [-0.3, -0.25) is 39.6 Å². The van der Waals surface area contributed by atoms with Crippen LogP contribution in [-0.2, 0) is 9.59 Å². The van der Waals surface area contributed by atoms with E-state index in [-0.39, 0.29) is 22.8 Å². The van der Waals surface area contributed by atoms with E-state index in [0.717, 1.165) is 28.0 Å². The van der Waals surface area contributed by atoms with Gasteiger partial charge in [0.15, 0.2) is 11.5 Å². The van der Waals surface area contributed by atoms with Gasteiger partial charge in [0.25, 0.3) is 17.5 Å². The third kappa shape index (κ3) is 4.32. The number of imide groups is 2. The first-order valence-corrected chi connectivity index (χ1v) is 9.15. The third-order valence-electron chi connectivity index (χ3n) is 4.71. The number of amides is 4. The summed E-state index contributed by atoms with van der Waals surface area (Å²) in [6.45, 7) is 0. The first-order valence-electron chi connectivity index (χ1n) is 9.15. The van der Waals surface area contributed by atoms with Crippen LogP contribution in [-0.4, -0.2) is 58.7 Å². The van der Waals surface area contributed by atoms with Crippen molar-refractivity contribution in [2.45, 2.75) is 0 Å². The van der Waals surface area contributed by atoms with E-state index in [2.05, 4.69) is 0 Å². The molecule has 1 heterocycles. The van der Waals surface area contributed by atoms with Crippen LogP contribution in [0.15, 0.2) is 42.0 Å². The number of barbiturate groups is 1. The Hall–Kier alpha value is -4.81. The summed E-state index contributed by atoms with van der Waals surface area (Å²) >= 11 is 0. The number of urea groups is 1. The average Bonchev–Trinajstić information content (AvgIpc) is 2.79. The van der Waals surface area contributed by atoms with Crippen molar-refractivity contribution in [3.63, 3.8) is 0 Å². The summed E-state index contributed by atoms with van der Waals surface area (Å²) in [5, 5.41) is 22.3. The second kappa shape index (κ2) is 8.74. The Morgan fingerprint density at radius 3 is 2.00 bits per heavy atom. The Kier molecular flexibility index (Phi) is 6.06. The number of non-ortho nitro benzene ring substituents is 1. The maximum Gasteiger partial charge on any atom is 0.333 e. The zero-order valence-electron chi connectivity index (χ0n) is 17.5. The lowest BCUT2D eigenvalue weighted by molar-refractivity contribution is -0.394. The summed E-state index contributed by atoms with van der Waals surface area (Å²) < 4.78 is 10.8. The molecule has 0 saturated carbocycles. The summed E-state index contributed by atoms with van der Waals surface area (Å²) in [6, 6.07) is 6.40. The Morgan fingerprint density at radius 2 is 1.45 bits per heavy atom. The Morgan fingerprint density at radius 1 is 0.848 bits per heavy atom. The van der Waals surface area contributed by atoms with Gasteiger partial charge in [-0.2, -0.15) is 0 Å². The molecular formula is C20H16N4O9. The number of nitro benzene ring substituents is 2. The van der Waals surface area contributed by atoms with Crippen LogP contribution < -0.4 is 9.47 Å².